The minimum absolute atomic E-state index is 0. The number of halogens is 1. The summed E-state index contributed by atoms with van der Waals surface area (Å²) in [6.45, 7) is 3.32. The summed E-state index contributed by atoms with van der Waals surface area (Å²) in [6.07, 6.45) is 5.96. The van der Waals surface area contributed by atoms with Crippen LogP contribution in [0.3, 0.4) is 0 Å². The van der Waals surface area contributed by atoms with Gasteiger partial charge in [-0.2, -0.15) is 0 Å². The fourth-order valence-corrected chi connectivity index (χ4v) is 4.19. The van der Waals surface area contributed by atoms with Crippen LogP contribution in [0.2, 0.25) is 0 Å². The molecule has 4 rings (SSSR count). The number of rotatable bonds is 3. The summed E-state index contributed by atoms with van der Waals surface area (Å²) in [6, 6.07) is 8.75. The summed E-state index contributed by atoms with van der Waals surface area (Å²) < 4.78 is 11.2. The average Bonchev–Trinajstić information content (AvgIpc) is 3.06. The molecule has 2 aromatic rings. The summed E-state index contributed by atoms with van der Waals surface area (Å²) in [7, 11) is 0. The van der Waals surface area contributed by atoms with Gasteiger partial charge in [0.05, 0.1) is 0 Å². The summed E-state index contributed by atoms with van der Waals surface area (Å²) in [5, 5.41) is 0.835. The number of hydrogen-bond acceptors (Lipinski definition) is 4. The van der Waals surface area contributed by atoms with E-state index in [1.54, 1.807) is 0 Å². The van der Waals surface area contributed by atoms with Crippen LogP contribution in [0.25, 0.3) is 11.0 Å². The van der Waals surface area contributed by atoms with Crippen molar-refractivity contribution in [3.63, 3.8) is 0 Å². The monoisotopic (exact) mass is 335 g/mol. The Labute approximate surface area is 142 Å². The van der Waals surface area contributed by atoms with Crippen LogP contribution >= 0.6 is 12.4 Å². The van der Waals surface area contributed by atoms with Gasteiger partial charge >= 0.3 is 5.97 Å². The Hall–Kier alpha value is -1.52. The Kier molecular flexibility index (Phi) is 4.64. The minimum atomic E-state index is -0.251. The number of esters is 1. The molecule has 2 aliphatic heterocycles. The summed E-state index contributed by atoms with van der Waals surface area (Å²) in [5.74, 6) is -0.251. The number of benzene rings is 1. The molecule has 4 nitrogen and oxygen atoms in total. The van der Waals surface area contributed by atoms with Crippen molar-refractivity contribution < 1.29 is 13.9 Å². The van der Waals surface area contributed by atoms with Gasteiger partial charge in [0.1, 0.15) is 23.5 Å². The molecule has 5 heteroatoms. The number of carbonyl (C=O) groups is 1. The maximum atomic E-state index is 12.5. The van der Waals surface area contributed by atoms with E-state index in [-0.39, 0.29) is 24.5 Å². The Morgan fingerprint density at radius 1 is 1.26 bits per heavy atom. The zero-order valence-corrected chi connectivity index (χ0v) is 14.1. The molecule has 2 atom stereocenters. The summed E-state index contributed by atoms with van der Waals surface area (Å²) >= 11 is 0. The van der Waals surface area contributed by atoms with E-state index in [0.29, 0.717) is 17.6 Å². The molecule has 0 N–H and O–H groups in total. The fourth-order valence-electron chi connectivity index (χ4n) is 4.19. The molecule has 1 aromatic heterocycles. The van der Waals surface area contributed by atoms with Crippen LogP contribution in [0.5, 0.6) is 0 Å². The fraction of sp³-hybridized carbons (Fsp3) is 0.500. The van der Waals surface area contributed by atoms with E-state index in [0.717, 1.165) is 30.4 Å². The molecule has 0 saturated carbocycles. The molecule has 2 bridgehead atoms. The number of nitrogens with zero attached hydrogens (tertiary/aromatic N) is 1. The van der Waals surface area contributed by atoms with Crippen LogP contribution in [0.15, 0.2) is 34.9 Å². The van der Waals surface area contributed by atoms with Crippen molar-refractivity contribution in [1.82, 2.24) is 4.90 Å². The second kappa shape index (κ2) is 6.54. The molecule has 3 heterocycles. The maximum Gasteiger partial charge on any atom is 0.342 e. The first kappa shape index (κ1) is 16.3. The lowest BCUT2D eigenvalue weighted by atomic mass is 9.99. The Bertz CT molecular complexity index is 684. The number of para-hydroxylation sites is 1. The van der Waals surface area contributed by atoms with Gasteiger partial charge in [-0.25, -0.2) is 4.79 Å². The largest absolute Gasteiger partial charge is 0.463 e. The number of furan rings is 1. The molecule has 0 aliphatic carbocycles. The first-order chi connectivity index (χ1) is 10.8. The van der Waals surface area contributed by atoms with Gasteiger partial charge in [0.2, 0.25) is 0 Å². The molecular formula is C18H22ClNO3. The van der Waals surface area contributed by atoms with Crippen LogP contribution in [0.4, 0.5) is 0 Å². The topological polar surface area (TPSA) is 42.7 Å². The molecule has 0 radical (unpaired) electrons. The summed E-state index contributed by atoms with van der Waals surface area (Å²) in [5.41, 5.74) is 1.27. The van der Waals surface area contributed by atoms with Crippen LogP contribution < -0.4 is 0 Å². The zero-order chi connectivity index (χ0) is 15.1. The Morgan fingerprint density at radius 2 is 1.96 bits per heavy atom. The highest BCUT2D eigenvalue weighted by molar-refractivity contribution is 6.03. The number of fused-ring (bicyclic) bond motifs is 3. The third-order valence-electron chi connectivity index (χ3n) is 5.18. The minimum Gasteiger partial charge on any atom is -0.463 e. The first-order valence-electron chi connectivity index (χ1n) is 8.19. The molecule has 1 aromatic carbocycles. The second-order valence-corrected chi connectivity index (χ2v) is 6.36. The highest BCUT2D eigenvalue weighted by atomic mass is 35.5. The van der Waals surface area contributed by atoms with Gasteiger partial charge in [-0.1, -0.05) is 25.1 Å². The van der Waals surface area contributed by atoms with Crippen molar-refractivity contribution in [3.05, 3.63) is 36.1 Å². The SMILES string of the molecule is CCN1C2CCC1CC(OC(=O)c1coc3ccccc13)C2.Cl. The molecule has 23 heavy (non-hydrogen) atoms. The van der Waals surface area contributed by atoms with E-state index in [1.165, 1.54) is 19.1 Å². The maximum absolute atomic E-state index is 12.5. The van der Waals surface area contributed by atoms with Crippen LogP contribution in [0.1, 0.15) is 43.0 Å². The molecule has 2 saturated heterocycles. The highest BCUT2D eigenvalue weighted by Gasteiger charge is 2.41. The van der Waals surface area contributed by atoms with Gasteiger partial charge in [-0.3, -0.25) is 4.90 Å². The number of piperidine rings is 1. The predicted octanol–water partition coefficient (Wildman–Crippen LogP) is 4.03. The van der Waals surface area contributed by atoms with Gasteiger partial charge in [0.25, 0.3) is 0 Å². The smallest absolute Gasteiger partial charge is 0.342 e. The van der Waals surface area contributed by atoms with Gasteiger partial charge < -0.3 is 9.15 Å². The molecule has 2 aliphatic rings. The zero-order valence-electron chi connectivity index (χ0n) is 13.2. The number of ether oxygens (including phenoxy) is 1. The van der Waals surface area contributed by atoms with Crippen molar-refractivity contribution in [1.29, 1.82) is 0 Å². The molecule has 124 valence electrons. The van der Waals surface area contributed by atoms with Gasteiger partial charge in [-0.15, -0.1) is 12.4 Å². The lowest BCUT2D eigenvalue weighted by Gasteiger charge is -2.37. The Balaban J connectivity index is 0.00000156. The molecular weight excluding hydrogens is 314 g/mol. The van der Waals surface area contributed by atoms with E-state index < -0.39 is 0 Å². The Morgan fingerprint density at radius 3 is 2.65 bits per heavy atom. The normalized spacial score (nSPS) is 26.9. The van der Waals surface area contributed by atoms with Crippen molar-refractivity contribution in [2.24, 2.45) is 0 Å². The summed E-state index contributed by atoms with van der Waals surface area (Å²) in [4.78, 5) is 15.0. The third kappa shape index (κ3) is 2.86. The standard InChI is InChI=1S/C18H21NO3.ClH/c1-2-19-12-7-8-13(19)10-14(9-12)22-18(20)16-11-21-17-6-4-3-5-15(16)17;/h3-6,11-14H,2,7-10H2,1H3;1H. The van der Waals surface area contributed by atoms with E-state index in [4.69, 9.17) is 9.15 Å². The average molecular weight is 336 g/mol. The van der Waals surface area contributed by atoms with E-state index >= 15 is 0 Å². The molecule has 2 fully saturated rings. The predicted molar refractivity (Wildman–Crippen MR) is 91.1 cm³/mol. The van der Waals surface area contributed by atoms with E-state index in [1.807, 2.05) is 24.3 Å². The van der Waals surface area contributed by atoms with Gasteiger partial charge in [-0.05, 0) is 25.5 Å². The van der Waals surface area contributed by atoms with E-state index in [2.05, 4.69) is 11.8 Å². The van der Waals surface area contributed by atoms with Crippen molar-refractivity contribution in [2.75, 3.05) is 6.54 Å². The highest BCUT2D eigenvalue weighted by Crippen LogP contribution is 2.37. The lowest BCUT2D eigenvalue weighted by Crippen LogP contribution is -2.45. The number of carbonyl (C=O) groups excluding carboxylic acids is 1. The van der Waals surface area contributed by atoms with Crippen LogP contribution in [-0.4, -0.2) is 35.6 Å². The first-order valence-corrected chi connectivity index (χ1v) is 8.19. The van der Waals surface area contributed by atoms with Crippen molar-refractivity contribution in [2.45, 2.75) is 50.8 Å². The molecule has 0 spiro atoms. The van der Waals surface area contributed by atoms with E-state index in [9.17, 15) is 4.79 Å². The van der Waals surface area contributed by atoms with Crippen LogP contribution in [-0.2, 0) is 4.74 Å². The van der Waals surface area contributed by atoms with Gasteiger partial charge in [0.15, 0.2) is 0 Å². The van der Waals surface area contributed by atoms with Crippen molar-refractivity contribution >= 4 is 29.3 Å². The second-order valence-electron chi connectivity index (χ2n) is 6.36. The van der Waals surface area contributed by atoms with Gasteiger partial charge in [0, 0.05) is 30.3 Å². The number of hydrogen-bond donors (Lipinski definition) is 0. The van der Waals surface area contributed by atoms with Crippen LogP contribution in [0, 0.1) is 0 Å². The lowest BCUT2D eigenvalue weighted by molar-refractivity contribution is -0.00468. The molecule has 0 amide bonds. The third-order valence-corrected chi connectivity index (χ3v) is 5.18. The van der Waals surface area contributed by atoms with Crippen molar-refractivity contribution in [3.8, 4) is 0 Å². The molecule has 2 unspecified atom stereocenters. The quantitative estimate of drug-likeness (QED) is 0.794.